The van der Waals surface area contributed by atoms with E-state index < -0.39 is 4.92 Å². The number of hydrogen-bond donors (Lipinski definition) is 0. The van der Waals surface area contributed by atoms with Crippen molar-refractivity contribution in [3.05, 3.63) is 86.9 Å². The SMILES string of the molecule is Cc1cncn1-c1ccc([N+](=O)[O-])cc1C(=O)c1ccccc1Cl. The maximum Gasteiger partial charge on any atom is 0.270 e. The van der Waals surface area contributed by atoms with Crippen LogP contribution in [0, 0.1) is 17.0 Å². The molecule has 7 heteroatoms. The van der Waals surface area contributed by atoms with Crippen molar-refractivity contribution in [2.75, 3.05) is 0 Å². The summed E-state index contributed by atoms with van der Waals surface area (Å²) in [6.45, 7) is 1.83. The van der Waals surface area contributed by atoms with Crippen LogP contribution in [0.1, 0.15) is 21.6 Å². The number of rotatable bonds is 4. The van der Waals surface area contributed by atoms with Gasteiger partial charge in [-0.15, -0.1) is 0 Å². The van der Waals surface area contributed by atoms with E-state index in [9.17, 15) is 14.9 Å². The summed E-state index contributed by atoms with van der Waals surface area (Å²) in [6, 6.07) is 10.8. The van der Waals surface area contributed by atoms with Crippen molar-refractivity contribution in [1.29, 1.82) is 0 Å². The van der Waals surface area contributed by atoms with Gasteiger partial charge in [-0.25, -0.2) is 4.98 Å². The number of nitro benzene ring substituents is 1. The Bertz CT molecular complexity index is 950. The molecule has 0 N–H and O–H groups in total. The number of nitrogens with zero attached hydrogens (tertiary/aromatic N) is 3. The lowest BCUT2D eigenvalue weighted by molar-refractivity contribution is -0.384. The third kappa shape index (κ3) is 2.79. The number of imidazole rings is 1. The Balaban J connectivity index is 2.22. The van der Waals surface area contributed by atoms with Gasteiger partial charge in [0.1, 0.15) is 0 Å². The van der Waals surface area contributed by atoms with Crippen LogP contribution in [-0.4, -0.2) is 20.3 Å². The largest absolute Gasteiger partial charge is 0.303 e. The average molecular weight is 342 g/mol. The molecular formula is C17H12ClN3O3. The topological polar surface area (TPSA) is 78.0 Å². The van der Waals surface area contributed by atoms with E-state index in [1.54, 1.807) is 41.4 Å². The average Bonchev–Trinajstić information content (AvgIpc) is 3.00. The second kappa shape index (κ2) is 6.25. The van der Waals surface area contributed by atoms with Gasteiger partial charge in [0.2, 0.25) is 0 Å². The Kier molecular flexibility index (Phi) is 4.14. The fourth-order valence-electron chi connectivity index (χ4n) is 2.43. The summed E-state index contributed by atoms with van der Waals surface area (Å²) in [4.78, 5) is 27.5. The van der Waals surface area contributed by atoms with E-state index in [4.69, 9.17) is 11.6 Å². The fraction of sp³-hybridized carbons (Fsp3) is 0.0588. The lowest BCUT2D eigenvalue weighted by atomic mass is 10.0. The maximum absolute atomic E-state index is 12.9. The molecule has 0 aliphatic heterocycles. The summed E-state index contributed by atoms with van der Waals surface area (Å²) in [5, 5.41) is 11.4. The van der Waals surface area contributed by atoms with Gasteiger partial charge in [-0.1, -0.05) is 23.7 Å². The first-order valence-corrected chi connectivity index (χ1v) is 7.44. The van der Waals surface area contributed by atoms with E-state index >= 15 is 0 Å². The molecule has 0 saturated heterocycles. The highest BCUT2D eigenvalue weighted by atomic mass is 35.5. The van der Waals surface area contributed by atoms with Crippen molar-refractivity contribution >= 4 is 23.1 Å². The van der Waals surface area contributed by atoms with Gasteiger partial charge in [0.25, 0.3) is 5.69 Å². The first-order chi connectivity index (χ1) is 11.5. The summed E-state index contributed by atoms with van der Waals surface area (Å²) in [7, 11) is 0. The van der Waals surface area contributed by atoms with Gasteiger partial charge in [-0.05, 0) is 25.1 Å². The molecule has 3 rings (SSSR count). The number of benzene rings is 2. The second-order valence-corrected chi connectivity index (χ2v) is 5.58. The molecule has 0 atom stereocenters. The van der Waals surface area contributed by atoms with Gasteiger partial charge in [0.15, 0.2) is 5.78 Å². The van der Waals surface area contributed by atoms with E-state index in [0.717, 1.165) is 5.69 Å². The Labute approximate surface area is 142 Å². The number of carbonyl (C=O) groups is 1. The van der Waals surface area contributed by atoms with Gasteiger partial charge in [0.05, 0.1) is 27.5 Å². The summed E-state index contributed by atoms with van der Waals surface area (Å²) in [5.74, 6) is -0.382. The Hall–Kier alpha value is -2.99. The number of ketones is 1. The van der Waals surface area contributed by atoms with Crippen LogP contribution in [0.25, 0.3) is 5.69 Å². The molecule has 0 saturated carbocycles. The van der Waals surface area contributed by atoms with Gasteiger partial charge >= 0.3 is 0 Å². The predicted octanol–water partition coefficient (Wildman–Crippen LogP) is 3.97. The van der Waals surface area contributed by atoms with E-state index in [-0.39, 0.29) is 17.0 Å². The summed E-state index contributed by atoms with van der Waals surface area (Å²) < 4.78 is 1.70. The van der Waals surface area contributed by atoms with Gasteiger partial charge < -0.3 is 4.57 Å². The molecule has 0 bridgehead atoms. The second-order valence-electron chi connectivity index (χ2n) is 5.17. The Morgan fingerprint density at radius 1 is 1.21 bits per heavy atom. The van der Waals surface area contributed by atoms with E-state index in [0.29, 0.717) is 16.3 Å². The van der Waals surface area contributed by atoms with Crippen LogP contribution in [0.2, 0.25) is 5.02 Å². The van der Waals surface area contributed by atoms with Crippen LogP contribution in [0.3, 0.4) is 0 Å². The maximum atomic E-state index is 12.9. The molecule has 2 aromatic carbocycles. The van der Waals surface area contributed by atoms with Crippen molar-refractivity contribution in [2.45, 2.75) is 6.92 Å². The van der Waals surface area contributed by atoms with E-state index in [1.807, 2.05) is 6.92 Å². The monoisotopic (exact) mass is 341 g/mol. The minimum atomic E-state index is -0.534. The molecule has 1 heterocycles. The lowest BCUT2D eigenvalue weighted by Gasteiger charge is -2.12. The van der Waals surface area contributed by atoms with Crippen molar-refractivity contribution < 1.29 is 9.72 Å². The predicted molar refractivity (Wildman–Crippen MR) is 89.8 cm³/mol. The molecule has 0 aliphatic rings. The Morgan fingerprint density at radius 2 is 1.96 bits per heavy atom. The molecule has 0 fully saturated rings. The quantitative estimate of drug-likeness (QED) is 0.408. The number of aryl methyl sites for hydroxylation is 1. The normalized spacial score (nSPS) is 10.6. The number of non-ortho nitro benzene ring substituents is 1. The van der Waals surface area contributed by atoms with Crippen molar-refractivity contribution in [1.82, 2.24) is 9.55 Å². The number of halogens is 1. The Morgan fingerprint density at radius 3 is 2.58 bits per heavy atom. The molecule has 1 aromatic heterocycles. The zero-order valence-electron chi connectivity index (χ0n) is 12.6. The van der Waals surface area contributed by atoms with Crippen LogP contribution >= 0.6 is 11.6 Å². The third-order valence-corrected chi connectivity index (χ3v) is 3.97. The van der Waals surface area contributed by atoms with Crippen LogP contribution in [0.15, 0.2) is 55.0 Å². The van der Waals surface area contributed by atoms with Crippen LogP contribution in [0.5, 0.6) is 0 Å². The summed E-state index contributed by atoms with van der Waals surface area (Å²) in [5.41, 5.74) is 1.64. The zero-order chi connectivity index (χ0) is 17.3. The van der Waals surface area contributed by atoms with Gasteiger partial charge in [-0.2, -0.15) is 0 Å². The number of carbonyl (C=O) groups excluding carboxylic acids is 1. The summed E-state index contributed by atoms with van der Waals surface area (Å²) in [6.07, 6.45) is 3.20. The molecule has 24 heavy (non-hydrogen) atoms. The molecule has 0 amide bonds. The molecular weight excluding hydrogens is 330 g/mol. The minimum Gasteiger partial charge on any atom is -0.303 e. The standard InChI is InChI=1S/C17H12ClN3O3/c1-11-9-19-10-20(11)16-7-6-12(21(23)24)8-14(16)17(22)13-4-2-3-5-15(13)18/h2-10H,1H3. The molecule has 0 spiro atoms. The van der Waals surface area contributed by atoms with Gasteiger partial charge in [0, 0.05) is 29.6 Å². The van der Waals surface area contributed by atoms with Crippen LogP contribution in [0.4, 0.5) is 5.69 Å². The highest BCUT2D eigenvalue weighted by Crippen LogP contribution is 2.27. The smallest absolute Gasteiger partial charge is 0.270 e. The fourth-order valence-corrected chi connectivity index (χ4v) is 2.65. The van der Waals surface area contributed by atoms with Crippen molar-refractivity contribution in [3.8, 4) is 5.69 Å². The van der Waals surface area contributed by atoms with Crippen molar-refractivity contribution in [3.63, 3.8) is 0 Å². The zero-order valence-corrected chi connectivity index (χ0v) is 13.4. The summed E-state index contributed by atoms with van der Waals surface area (Å²) >= 11 is 6.11. The molecule has 120 valence electrons. The van der Waals surface area contributed by atoms with Crippen LogP contribution in [-0.2, 0) is 0 Å². The minimum absolute atomic E-state index is 0.160. The highest BCUT2D eigenvalue weighted by Gasteiger charge is 2.21. The first kappa shape index (κ1) is 15.9. The molecule has 0 radical (unpaired) electrons. The molecule has 0 unspecified atom stereocenters. The molecule has 6 nitrogen and oxygen atoms in total. The van der Waals surface area contributed by atoms with Gasteiger partial charge in [-0.3, -0.25) is 14.9 Å². The number of aromatic nitrogens is 2. The van der Waals surface area contributed by atoms with Crippen molar-refractivity contribution in [2.24, 2.45) is 0 Å². The number of hydrogen-bond acceptors (Lipinski definition) is 4. The number of nitro groups is 1. The van der Waals surface area contributed by atoms with Crippen LogP contribution < -0.4 is 0 Å². The van der Waals surface area contributed by atoms with E-state index in [1.165, 1.54) is 18.2 Å². The third-order valence-electron chi connectivity index (χ3n) is 3.64. The molecule has 3 aromatic rings. The lowest BCUT2D eigenvalue weighted by Crippen LogP contribution is -2.09. The molecule has 0 aliphatic carbocycles. The first-order valence-electron chi connectivity index (χ1n) is 7.06. The van der Waals surface area contributed by atoms with E-state index in [2.05, 4.69) is 4.98 Å². The highest BCUT2D eigenvalue weighted by molar-refractivity contribution is 6.35.